The van der Waals surface area contributed by atoms with E-state index in [-0.39, 0.29) is 12.8 Å². The fourth-order valence-corrected chi connectivity index (χ4v) is 1.40. The van der Waals surface area contributed by atoms with Crippen LogP contribution < -0.4 is 5.32 Å². The normalized spacial score (nSPS) is 11.5. The minimum absolute atomic E-state index is 0.184. The Morgan fingerprint density at radius 2 is 2.14 bits per heavy atom. The number of amides is 1. The highest BCUT2D eigenvalue weighted by molar-refractivity contribution is 5.94. The number of hydrogen-bond donors (Lipinski definition) is 2. The third-order valence-electron chi connectivity index (χ3n) is 2.46. The average Bonchev–Trinajstić information content (AvgIpc) is 2.92. The van der Waals surface area contributed by atoms with E-state index < -0.39 is 40.5 Å². The number of furan rings is 1. The number of nitrogens with zero attached hydrogens (tertiary/aromatic N) is 1. The molecule has 0 fully saturated rings. The van der Waals surface area contributed by atoms with Gasteiger partial charge in [0.2, 0.25) is 0 Å². The van der Waals surface area contributed by atoms with Gasteiger partial charge in [0.25, 0.3) is 5.91 Å². The third-order valence-corrected chi connectivity index (χ3v) is 2.46. The summed E-state index contributed by atoms with van der Waals surface area (Å²) in [5.41, 5.74) is 0. The maximum Gasteiger partial charge on any atom is 0.433 e. The molecule has 0 aliphatic rings. The number of carbonyl (C=O) groups is 3. The van der Waals surface area contributed by atoms with Gasteiger partial charge in [-0.15, -0.1) is 0 Å². The number of nitro groups is 1. The van der Waals surface area contributed by atoms with E-state index in [2.05, 4.69) is 14.5 Å². The predicted molar refractivity (Wildman–Crippen MR) is 65.5 cm³/mol. The van der Waals surface area contributed by atoms with Crippen molar-refractivity contribution in [2.75, 3.05) is 7.11 Å². The molecule has 0 unspecified atom stereocenters. The number of carbonyl (C=O) groups excluding carboxylic acids is 2. The Hall–Kier alpha value is -2.91. The number of aliphatic carboxylic acids is 1. The third kappa shape index (κ3) is 4.60. The number of esters is 1. The van der Waals surface area contributed by atoms with Gasteiger partial charge in [0.05, 0.1) is 13.2 Å². The molecule has 1 atom stereocenters. The minimum Gasteiger partial charge on any atom is -0.480 e. The molecule has 1 heterocycles. The van der Waals surface area contributed by atoms with E-state index in [1.54, 1.807) is 0 Å². The van der Waals surface area contributed by atoms with E-state index in [0.717, 1.165) is 19.2 Å². The molecule has 21 heavy (non-hydrogen) atoms. The lowest BCUT2D eigenvalue weighted by molar-refractivity contribution is -0.402. The van der Waals surface area contributed by atoms with Crippen LogP contribution in [0, 0.1) is 10.1 Å². The zero-order chi connectivity index (χ0) is 16.0. The highest BCUT2D eigenvalue weighted by atomic mass is 16.6. The first-order valence-electron chi connectivity index (χ1n) is 5.70. The maximum atomic E-state index is 11.7. The SMILES string of the molecule is COC(=O)CC[C@H](NC(=O)c1ccc([N+](=O)[O-])o1)C(=O)O. The highest BCUT2D eigenvalue weighted by Crippen LogP contribution is 2.15. The Labute approximate surface area is 117 Å². The van der Waals surface area contributed by atoms with Crippen molar-refractivity contribution in [1.82, 2.24) is 5.32 Å². The topological polar surface area (TPSA) is 149 Å². The first kappa shape index (κ1) is 16.1. The summed E-state index contributed by atoms with van der Waals surface area (Å²) >= 11 is 0. The van der Waals surface area contributed by atoms with E-state index in [1.165, 1.54) is 0 Å². The van der Waals surface area contributed by atoms with Crippen molar-refractivity contribution in [3.63, 3.8) is 0 Å². The number of carboxylic acids is 1. The largest absolute Gasteiger partial charge is 0.480 e. The molecular formula is C11H12N2O8. The molecule has 1 aromatic rings. The molecular weight excluding hydrogens is 288 g/mol. The molecule has 10 nitrogen and oxygen atoms in total. The minimum atomic E-state index is -1.35. The number of nitrogens with one attached hydrogen (secondary N) is 1. The molecule has 1 rings (SSSR count). The summed E-state index contributed by atoms with van der Waals surface area (Å²) in [6.45, 7) is 0. The molecule has 0 aliphatic heterocycles. The quantitative estimate of drug-likeness (QED) is 0.415. The molecule has 1 aromatic heterocycles. The van der Waals surface area contributed by atoms with Gasteiger partial charge in [-0.1, -0.05) is 0 Å². The van der Waals surface area contributed by atoms with Crippen molar-refractivity contribution in [3.8, 4) is 0 Å². The van der Waals surface area contributed by atoms with Gasteiger partial charge in [-0.05, 0) is 12.5 Å². The van der Waals surface area contributed by atoms with Crippen LogP contribution in [0.2, 0.25) is 0 Å². The van der Waals surface area contributed by atoms with Crippen LogP contribution in [0.3, 0.4) is 0 Å². The van der Waals surface area contributed by atoms with Crippen molar-refractivity contribution in [3.05, 3.63) is 28.0 Å². The Balaban J connectivity index is 2.69. The van der Waals surface area contributed by atoms with Crippen LogP contribution >= 0.6 is 0 Å². The van der Waals surface area contributed by atoms with Crippen LogP contribution in [-0.2, 0) is 14.3 Å². The zero-order valence-corrected chi connectivity index (χ0v) is 10.9. The van der Waals surface area contributed by atoms with Crippen molar-refractivity contribution in [2.45, 2.75) is 18.9 Å². The van der Waals surface area contributed by atoms with Gasteiger partial charge >= 0.3 is 17.8 Å². The van der Waals surface area contributed by atoms with Crippen LogP contribution in [0.25, 0.3) is 0 Å². The smallest absolute Gasteiger partial charge is 0.433 e. The highest BCUT2D eigenvalue weighted by Gasteiger charge is 2.24. The van der Waals surface area contributed by atoms with Crippen LogP contribution in [0.1, 0.15) is 23.4 Å². The van der Waals surface area contributed by atoms with E-state index >= 15 is 0 Å². The standard InChI is InChI=1S/C11H12N2O8/c1-20-9(14)5-2-6(11(16)17)12-10(15)7-3-4-8(21-7)13(18)19/h3-4,6H,2,5H2,1H3,(H,12,15)(H,16,17)/t6-/m0/s1. The van der Waals surface area contributed by atoms with Gasteiger partial charge in [-0.25, -0.2) is 4.79 Å². The molecule has 0 spiro atoms. The lowest BCUT2D eigenvalue weighted by Gasteiger charge is -2.12. The summed E-state index contributed by atoms with van der Waals surface area (Å²) in [6.07, 6.45) is -0.386. The van der Waals surface area contributed by atoms with Crippen LogP contribution in [-0.4, -0.2) is 41.0 Å². The fraction of sp³-hybridized carbons (Fsp3) is 0.364. The summed E-state index contributed by atoms with van der Waals surface area (Å²) in [4.78, 5) is 43.2. The number of carboxylic acid groups (broad SMARTS) is 1. The Morgan fingerprint density at radius 1 is 1.48 bits per heavy atom. The first-order valence-corrected chi connectivity index (χ1v) is 5.70. The monoisotopic (exact) mass is 300 g/mol. The van der Waals surface area contributed by atoms with Gasteiger partial charge in [-0.3, -0.25) is 19.7 Å². The molecule has 114 valence electrons. The van der Waals surface area contributed by atoms with E-state index in [0.29, 0.717) is 0 Å². The number of methoxy groups -OCH3 is 1. The van der Waals surface area contributed by atoms with Gasteiger partial charge in [-0.2, -0.15) is 0 Å². The van der Waals surface area contributed by atoms with Crippen LogP contribution in [0.15, 0.2) is 16.5 Å². The average molecular weight is 300 g/mol. The summed E-state index contributed by atoms with van der Waals surface area (Å²) in [5.74, 6) is -3.94. The molecule has 10 heteroatoms. The lowest BCUT2D eigenvalue weighted by atomic mass is 10.1. The number of hydrogen-bond acceptors (Lipinski definition) is 7. The lowest BCUT2D eigenvalue weighted by Crippen LogP contribution is -2.41. The van der Waals surface area contributed by atoms with Crippen molar-refractivity contribution in [2.24, 2.45) is 0 Å². The summed E-state index contributed by atoms with van der Waals surface area (Å²) in [6, 6.07) is 0.673. The Morgan fingerprint density at radius 3 is 2.62 bits per heavy atom. The number of rotatable bonds is 7. The summed E-state index contributed by atoms with van der Waals surface area (Å²) < 4.78 is 9.00. The van der Waals surface area contributed by atoms with Gasteiger partial charge in [0.1, 0.15) is 11.0 Å². The van der Waals surface area contributed by atoms with Crippen molar-refractivity contribution in [1.29, 1.82) is 0 Å². The van der Waals surface area contributed by atoms with Crippen molar-refractivity contribution < 1.29 is 33.6 Å². The molecule has 0 saturated heterocycles. The van der Waals surface area contributed by atoms with Gasteiger partial charge in [0.15, 0.2) is 5.76 Å². The second kappa shape index (κ2) is 7.03. The first-order chi connectivity index (χ1) is 9.85. The van der Waals surface area contributed by atoms with E-state index in [4.69, 9.17) is 5.11 Å². The Kier molecular flexibility index (Phi) is 5.40. The summed E-state index contributed by atoms with van der Waals surface area (Å²) in [5, 5.41) is 21.5. The second-order valence-corrected chi connectivity index (χ2v) is 3.87. The molecule has 0 radical (unpaired) electrons. The van der Waals surface area contributed by atoms with Crippen LogP contribution in [0.5, 0.6) is 0 Å². The molecule has 2 N–H and O–H groups in total. The molecule has 0 saturated carbocycles. The number of ether oxygens (including phenoxy) is 1. The molecule has 0 aliphatic carbocycles. The second-order valence-electron chi connectivity index (χ2n) is 3.87. The van der Waals surface area contributed by atoms with Crippen molar-refractivity contribution >= 4 is 23.7 Å². The summed E-state index contributed by atoms with van der Waals surface area (Å²) in [7, 11) is 1.15. The maximum absolute atomic E-state index is 11.7. The van der Waals surface area contributed by atoms with E-state index in [9.17, 15) is 24.5 Å². The Bertz CT molecular complexity index is 564. The van der Waals surface area contributed by atoms with E-state index in [1.807, 2.05) is 0 Å². The fourth-order valence-electron chi connectivity index (χ4n) is 1.40. The van der Waals surface area contributed by atoms with Gasteiger partial charge < -0.3 is 19.6 Å². The zero-order valence-electron chi connectivity index (χ0n) is 10.9. The van der Waals surface area contributed by atoms with Crippen LogP contribution in [0.4, 0.5) is 5.88 Å². The predicted octanol–water partition coefficient (Wildman–Crippen LogP) is 0.324. The molecule has 0 aromatic carbocycles. The molecule has 0 bridgehead atoms. The molecule has 1 amide bonds. The van der Waals surface area contributed by atoms with Gasteiger partial charge in [0, 0.05) is 6.42 Å².